The Morgan fingerprint density at radius 1 is 1.04 bits per heavy atom. The number of likely N-dealkylation sites (tertiary alicyclic amines) is 1. The Hall–Kier alpha value is -2.05. The lowest BCUT2D eigenvalue weighted by molar-refractivity contribution is 0.0709. The Morgan fingerprint density at radius 2 is 1.81 bits per heavy atom. The molecule has 138 valence electrons. The predicted molar refractivity (Wildman–Crippen MR) is 93.6 cm³/mol. The zero-order chi connectivity index (χ0) is 17.6. The molecule has 1 amide bonds. The second-order valence-electron chi connectivity index (χ2n) is 6.66. The lowest BCUT2D eigenvalue weighted by Gasteiger charge is -2.28. The van der Waals surface area contributed by atoms with E-state index in [1.165, 1.54) is 18.2 Å². The maximum absolute atomic E-state index is 14.1. The number of rotatable bonds is 2. The van der Waals surface area contributed by atoms with Crippen molar-refractivity contribution in [1.82, 2.24) is 10.2 Å². The molecule has 0 aromatic heterocycles. The molecule has 2 aromatic carbocycles. The number of halogens is 4. The van der Waals surface area contributed by atoms with Crippen LogP contribution >= 0.6 is 12.4 Å². The normalized spacial score (nSPS) is 24.3. The third-order valence-electron chi connectivity index (χ3n) is 5.18. The Morgan fingerprint density at radius 3 is 2.54 bits per heavy atom. The SMILES string of the molecule is Cl.O=C(c1ccc(F)cc1F)N1C[C@@H]2CNC[C@@H]2[C@H]1c1cccc(F)c1. The third kappa shape index (κ3) is 3.19. The van der Waals surface area contributed by atoms with Crippen LogP contribution in [0, 0.1) is 29.3 Å². The van der Waals surface area contributed by atoms with Gasteiger partial charge in [0, 0.05) is 31.6 Å². The van der Waals surface area contributed by atoms with Crippen LogP contribution in [-0.4, -0.2) is 30.4 Å². The van der Waals surface area contributed by atoms with E-state index in [4.69, 9.17) is 0 Å². The first-order chi connectivity index (χ1) is 12.0. The van der Waals surface area contributed by atoms with E-state index in [1.807, 2.05) is 0 Å². The summed E-state index contributed by atoms with van der Waals surface area (Å²) in [6, 6.07) is 8.81. The highest BCUT2D eigenvalue weighted by atomic mass is 35.5. The molecule has 3 nitrogen and oxygen atoms in total. The molecular weight excluding hydrogens is 365 g/mol. The molecule has 0 saturated carbocycles. The number of carbonyl (C=O) groups is 1. The van der Waals surface area contributed by atoms with Crippen LogP contribution in [0.4, 0.5) is 13.2 Å². The van der Waals surface area contributed by atoms with Gasteiger partial charge in [-0.2, -0.15) is 0 Å². The number of carbonyl (C=O) groups excluding carboxylic acids is 1. The van der Waals surface area contributed by atoms with E-state index in [0.717, 1.165) is 19.2 Å². The maximum atomic E-state index is 14.1. The minimum Gasteiger partial charge on any atom is -0.331 e. The van der Waals surface area contributed by atoms with E-state index >= 15 is 0 Å². The van der Waals surface area contributed by atoms with Gasteiger partial charge in [-0.15, -0.1) is 12.4 Å². The van der Waals surface area contributed by atoms with Crippen LogP contribution in [0.25, 0.3) is 0 Å². The fraction of sp³-hybridized carbons (Fsp3) is 0.316. The zero-order valence-electron chi connectivity index (χ0n) is 13.8. The van der Waals surface area contributed by atoms with Gasteiger partial charge in [0.05, 0.1) is 11.6 Å². The van der Waals surface area contributed by atoms with Crippen molar-refractivity contribution in [3.05, 3.63) is 71.0 Å². The molecule has 2 saturated heterocycles. The summed E-state index contributed by atoms with van der Waals surface area (Å²) in [6.07, 6.45) is 0. The van der Waals surface area contributed by atoms with E-state index in [-0.39, 0.29) is 41.7 Å². The van der Waals surface area contributed by atoms with Gasteiger partial charge in [-0.3, -0.25) is 4.79 Å². The number of amides is 1. The number of nitrogens with one attached hydrogen (secondary N) is 1. The number of hydrogen-bond donors (Lipinski definition) is 1. The molecule has 1 N–H and O–H groups in total. The Bertz CT molecular complexity index is 832. The second-order valence-corrected chi connectivity index (χ2v) is 6.66. The molecule has 26 heavy (non-hydrogen) atoms. The molecule has 2 aliphatic rings. The van der Waals surface area contributed by atoms with Crippen LogP contribution in [0.5, 0.6) is 0 Å². The highest BCUT2D eigenvalue weighted by Crippen LogP contribution is 2.43. The molecule has 0 bridgehead atoms. The summed E-state index contributed by atoms with van der Waals surface area (Å²) in [4.78, 5) is 14.5. The van der Waals surface area contributed by atoms with Crippen molar-refractivity contribution >= 4 is 18.3 Å². The van der Waals surface area contributed by atoms with Crippen LogP contribution in [0.3, 0.4) is 0 Å². The molecule has 0 aliphatic carbocycles. The predicted octanol–water partition coefficient (Wildman–Crippen LogP) is 3.56. The van der Waals surface area contributed by atoms with Gasteiger partial charge in [-0.05, 0) is 35.7 Å². The van der Waals surface area contributed by atoms with Crippen molar-refractivity contribution < 1.29 is 18.0 Å². The highest BCUT2D eigenvalue weighted by Gasteiger charge is 2.47. The Balaban J connectivity index is 0.00000196. The first-order valence-corrected chi connectivity index (χ1v) is 8.27. The summed E-state index contributed by atoms with van der Waals surface area (Å²) < 4.78 is 40.9. The minimum atomic E-state index is -0.877. The van der Waals surface area contributed by atoms with Crippen molar-refractivity contribution in [1.29, 1.82) is 0 Å². The standard InChI is InChI=1S/C19H17F3N2O.ClH/c20-13-3-1-2-11(6-13)18-16-9-23-8-12(16)10-24(18)19(25)15-5-4-14(21)7-17(15)22;/h1-7,12,16,18,23H,8-10H2;1H/t12-,16-,18+;/m0./s1. The second kappa shape index (κ2) is 7.29. The summed E-state index contributed by atoms with van der Waals surface area (Å²) in [7, 11) is 0. The van der Waals surface area contributed by atoms with Gasteiger partial charge in [0.25, 0.3) is 5.91 Å². The average molecular weight is 383 g/mol. The molecule has 0 radical (unpaired) electrons. The zero-order valence-corrected chi connectivity index (χ0v) is 14.6. The molecule has 7 heteroatoms. The third-order valence-corrected chi connectivity index (χ3v) is 5.18. The van der Waals surface area contributed by atoms with Gasteiger partial charge >= 0.3 is 0 Å². The van der Waals surface area contributed by atoms with Gasteiger partial charge in [-0.1, -0.05) is 12.1 Å². The van der Waals surface area contributed by atoms with E-state index < -0.39 is 17.5 Å². The summed E-state index contributed by atoms with van der Waals surface area (Å²) in [6.45, 7) is 1.96. The van der Waals surface area contributed by atoms with E-state index in [2.05, 4.69) is 5.32 Å². The maximum Gasteiger partial charge on any atom is 0.257 e. The summed E-state index contributed by atoms with van der Waals surface area (Å²) >= 11 is 0. The monoisotopic (exact) mass is 382 g/mol. The van der Waals surface area contributed by atoms with Gasteiger partial charge in [0.2, 0.25) is 0 Å². The van der Waals surface area contributed by atoms with Gasteiger partial charge in [0.15, 0.2) is 0 Å². The van der Waals surface area contributed by atoms with Crippen LogP contribution in [0.2, 0.25) is 0 Å². The lowest BCUT2D eigenvalue weighted by Crippen LogP contribution is -2.35. The van der Waals surface area contributed by atoms with Gasteiger partial charge in [-0.25, -0.2) is 13.2 Å². The quantitative estimate of drug-likeness (QED) is 0.861. The molecule has 4 rings (SSSR count). The van der Waals surface area contributed by atoms with E-state index in [1.54, 1.807) is 17.0 Å². The summed E-state index contributed by atoms with van der Waals surface area (Å²) in [5, 5.41) is 3.30. The molecule has 2 heterocycles. The van der Waals surface area contributed by atoms with Crippen molar-refractivity contribution in [3.8, 4) is 0 Å². The lowest BCUT2D eigenvalue weighted by atomic mass is 9.89. The smallest absolute Gasteiger partial charge is 0.257 e. The number of nitrogens with zero attached hydrogens (tertiary/aromatic N) is 1. The summed E-state index contributed by atoms with van der Waals surface area (Å²) in [5.74, 6) is -2.07. The Kier molecular flexibility index (Phi) is 5.25. The number of hydrogen-bond acceptors (Lipinski definition) is 2. The molecule has 0 unspecified atom stereocenters. The summed E-state index contributed by atoms with van der Waals surface area (Å²) in [5.41, 5.74) is 0.544. The molecule has 2 aromatic rings. The fourth-order valence-electron chi connectivity index (χ4n) is 4.06. The van der Waals surface area contributed by atoms with Crippen LogP contribution < -0.4 is 5.32 Å². The first-order valence-electron chi connectivity index (χ1n) is 8.27. The highest BCUT2D eigenvalue weighted by molar-refractivity contribution is 5.95. The minimum absolute atomic E-state index is 0. The van der Waals surface area contributed by atoms with Gasteiger partial charge in [0.1, 0.15) is 17.5 Å². The van der Waals surface area contributed by atoms with E-state index in [0.29, 0.717) is 18.2 Å². The fourth-order valence-corrected chi connectivity index (χ4v) is 4.06. The van der Waals surface area contributed by atoms with Crippen molar-refractivity contribution in [3.63, 3.8) is 0 Å². The molecule has 3 atom stereocenters. The van der Waals surface area contributed by atoms with Crippen molar-refractivity contribution in [2.24, 2.45) is 11.8 Å². The van der Waals surface area contributed by atoms with Crippen molar-refractivity contribution in [2.75, 3.05) is 19.6 Å². The van der Waals surface area contributed by atoms with Gasteiger partial charge < -0.3 is 10.2 Å². The topological polar surface area (TPSA) is 32.3 Å². The van der Waals surface area contributed by atoms with E-state index in [9.17, 15) is 18.0 Å². The van der Waals surface area contributed by atoms with Crippen LogP contribution in [0.1, 0.15) is 22.0 Å². The molecule has 2 fully saturated rings. The first kappa shape index (κ1) is 18.7. The molecule has 0 spiro atoms. The number of benzene rings is 2. The van der Waals surface area contributed by atoms with Crippen LogP contribution in [0.15, 0.2) is 42.5 Å². The largest absolute Gasteiger partial charge is 0.331 e. The Labute approximate surface area is 155 Å². The van der Waals surface area contributed by atoms with Crippen LogP contribution in [-0.2, 0) is 0 Å². The number of fused-ring (bicyclic) bond motifs is 1. The van der Waals surface area contributed by atoms with Crippen molar-refractivity contribution in [2.45, 2.75) is 6.04 Å². The average Bonchev–Trinajstić information content (AvgIpc) is 3.14. The molecular formula is C19H18ClF3N2O. The molecule has 2 aliphatic heterocycles.